The average Bonchev–Trinajstić information content (AvgIpc) is 2.92. The summed E-state index contributed by atoms with van der Waals surface area (Å²) in [7, 11) is 1.59. The van der Waals surface area contributed by atoms with E-state index in [0.717, 1.165) is 4.90 Å². The molecule has 1 aliphatic rings. The van der Waals surface area contributed by atoms with Crippen LogP contribution in [0.2, 0.25) is 0 Å². The van der Waals surface area contributed by atoms with Gasteiger partial charge in [0.1, 0.15) is 17.9 Å². The van der Waals surface area contributed by atoms with E-state index in [0.29, 0.717) is 12.4 Å². The molecule has 2 rings (SSSR count). The molecule has 1 fully saturated rings. The predicted octanol–water partition coefficient (Wildman–Crippen LogP) is -0.301. The quantitative estimate of drug-likeness (QED) is 0.739. The van der Waals surface area contributed by atoms with Gasteiger partial charge < -0.3 is 15.2 Å². The topological polar surface area (TPSA) is 98.4 Å². The summed E-state index contributed by atoms with van der Waals surface area (Å²) in [6.45, 7) is 3.22. The van der Waals surface area contributed by atoms with Crippen molar-refractivity contribution in [2.24, 2.45) is 0 Å². The summed E-state index contributed by atoms with van der Waals surface area (Å²) in [6.07, 6.45) is 3.25. The number of urea groups is 1. The molecule has 0 unspecified atom stereocenters. The van der Waals surface area contributed by atoms with Gasteiger partial charge in [0.05, 0.1) is 6.54 Å². The van der Waals surface area contributed by atoms with Crippen molar-refractivity contribution in [3.63, 3.8) is 0 Å². The van der Waals surface area contributed by atoms with Gasteiger partial charge in [-0.25, -0.2) is 9.78 Å². The van der Waals surface area contributed by atoms with E-state index in [1.165, 1.54) is 4.90 Å². The van der Waals surface area contributed by atoms with Crippen molar-refractivity contribution < 1.29 is 14.4 Å². The monoisotopic (exact) mass is 279 g/mol. The third-order valence-electron chi connectivity index (χ3n) is 3.11. The Morgan fingerprint density at radius 2 is 2.15 bits per heavy atom. The van der Waals surface area contributed by atoms with Gasteiger partial charge in [-0.05, 0) is 13.8 Å². The first-order chi connectivity index (χ1) is 9.31. The normalized spacial score (nSPS) is 17.2. The number of carbonyl (C=O) groups is 3. The fourth-order valence-corrected chi connectivity index (χ4v) is 1.91. The number of aromatic amines is 1. The second-order valence-electron chi connectivity index (χ2n) is 5.23. The molecule has 0 saturated carbocycles. The van der Waals surface area contributed by atoms with Crippen molar-refractivity contribution in [2.75, 3.05) is 13.6 Å². The van der Waals surface area contributed by atoms with E-state index in [-0.39, 0.29) is 12.5 Å². The molecular weight excluding hydrogens is 262 g/mol. The summed E-state index contributed by atoms with van der Waals surface area (Å²) < 4.78 is 0. The largest absolute Gasteiger partial charge is 0.347 e. The SMILES string of the molecule is CN(Cc1ncc[nH]1)C(=O)CN1C(=O)NC(C)(C)C1=O. The van der Waals surface area contributed by atoms with Crippen molar-refractivity contribution in [3.05, 3.63) is 18.2 Å². The Kier molecular flexibility index (Phi) is 3.47. The van der Waals surface area contributed by atoms with Gasteiger partial charge in [-0.3, -0.25) is 14.5 Å². The van der Waals surface area contributed by atoms with Gasteiger partial charge in [0.15, 0.2) is 0 Å². The Balaban J connectivity index is 1.98. The molecule has 0 bridgehead atoms. The van der Waals surface area contributed by atoms with Crippen molar-refractivity contribution in [2.45, 2.75) is 25.9 Å². The molecule has 1 aliphatic heterocycles. The van der Waals surface area contributed by atoms with Gasteiger partial charge in [-0.2, -0.15) is 0 Å². The zero-order valence-corrected chi connectivity index (χ0v) is 11.6. The molecule has 2 heterocycles. The highest BCUT2D eigenvalue weighted by Gasteiger charge is 2.45. The van der Waals surface area contributed by atoms with Gasteiger partial charge in [-0.15, -0.1) is 0 Å². The minimum absolute atomic E-state index is 0.273. The van der Waals surface area contributed by atoms with Crippen LogP contribution in [0.4, 0.5) is 4.79 Å². The van der Waals surface area contributed by atoms with Crippen molar-refractivity contribution in [1.29, 1.82) is 0 Å². The molecule has 1 aromatic heterocycles. The van der Waals surface area contributed by atoms with Crippen molar-refractivity contribution >= 4 is 17.8 Å². The lowest BCUT2D eigenvalue weighted by Crippen LogP contribution is -2.43. The van der Waals surface area contributed by atoms with Crippen molar-refractivity contribution in [1.82, 2.24) is 25.1 Å². The fraction of sp³-hybridized carbons (Fsp3) is 0.500. The van der Waals surface area contributed by atoms with Crippen LogP contribution in [-0.4, -0.2) is 56.7 Å². The van der Waals surface area contributed by atoms with E-state index in [4.69, 9.17) is 0 Å². The number of carbonyl (C=O) groups excluding carboxylic acids is 3. The number of amides is 4. The van der Waals surface area contributed by atoms with E-state index in [9.17, 15) is 14.4 Å². The molecule has 20 heavy (non-hydrogen) atoms. The molecule has 8 nitrogen and oxygen atoms in total. The number of imide groups is 1. The number of hydrogen-bond donors (Lipinski definition) is 2. The average molecular weight is 279 g/mol. The smallest absolute Gasteiger partial charge is 0.325 e. The molecule has 108 valence electrons. The van der Waals surface area contributed by atoms with Crippen LogP contribution >= 0.6 is 0 Å². The highest BCUT2D eigenvalue weighted by Crippen LogP contribution is 2.16. The standard InChI is InChI=1S/C12H17N5O3/c1-12(2)10(19)17(11(20)15-12)7-9(18)16(3)6-8-13-4-5-14-8/h4-5H,6-7H2,1-3H3,(H,13,14)(H,15,20). The van der Waals surface area contributed by atoms with Crippen LogP contribution < -0.4 is 5.32 Å². The summed E-state index contributed by atoms with van der Waals surface area (Å²) in [5.41, 5.74) is -0.961. The van der Waals surface area contributed by atoms with Gasteiger partial charge in [-0.1, -0.05) is 0 Å². The number of likely N-dealkylation sites (N-methyl/N-ethyl adjacent to an activating group) is 1. The lowest BCUT2D eigenvalue weighted by molar-refractivity contribution is -0.138. The van der Waals surface area contributed by atoms with E-state index in [1.807, 2.05) is 0 Å². The summed E-state index contributed by atoms with van der Waals surface area (Å²) in [4.78, 5) is 44.9. The summed E-state index contributed by atoms with van der Waals surface area (Å²) >= 11 is 0. The maximum absolute atomic E-state index is 12.0. The maximum atomic E-state index is 12.0. The Bertz CT molecular complexity index is 537. The first-order valence-corrected chi connectivity index (χ1v) is 6.17. The lowest BCUT2D eigenvalue weighted by Gasteiger charge is -2.20. The molecular formula is C12H17N5O3. The van der Waals surface area contributed by atoms with E-state index in [1.54, 1.807) is 33.3 Å². The molecule has 1 saturated heterocycles. The second kappa shape index (κ2) is 4.95. The molecule has 0 spiro atoms. The molecule has 2 N–H and O–H groups in total. The molecule has 0 aliphatic carbocycles. The molecule has 4 amide bonds. The summed E-state index contributed by atoms with van der Waals surface area (Å²) in [6, 6.07) is -0.542. The number of aromatic nitrogens is 2. The molecule has 0 radical (unpaired) electrons. The fourth-order valence-electron chi connectivity index (χ4n) is 1.91. The number of imidazole rings is 1. The number of H-pyrrole nitrogens is 1. The Morgan fingerprint density at radius 3 is 2.65 bits per heavy atom. The third-order valence-corrected chi connectivity index (χ3v) is 3.11. The molecule has 0 atom stereocenters. The zero-order valence-electron chi connectivity index (χ0n) is 11.6. The van der Waals surface area contributed by atoms with Gasteiger partial charge in [0, 0.05) is 19.4 Å². The zero-order chi connectivity index (χ0) is 14.9. The summed E-state index contributed by atoms with van der Waals surface area (Å²) in [5.74, 6) is -0.0942. The Hall–Kier alpha value is -2.38. The summed E-state index contributed by atoms with van der Waals surface area (Å²) in [5, 5.41) is 2.53. The minimum Gasteiger partial charge on any atom is -0.347 e. The maximum Gasteiger partial charge on any atom is 0.325 e. The van der Waals surface area contributed by atoms with Crippen molar-refractivity contribution in [3.8, 4) is 0 Å². The molecule has 1 aromatic rings. The highest BCUT2D eigenvalue weighted by atomic mass is 16.2. The van der Waals surface area contributed by atoms with E-state index in [2.05, 4.69) is 15.3 Å². The number of nitrogens with zero attached hydrogens (tertiary/aromatic N) is 3. The van der Waals surface area contributed by atoms with Crippen LogP contribution in [0.1, 0.15) is 19.7 Å². The van der Waals surface area contributed by atoms with Gasteiger partial charge >= 0.3 is 6.03 Å². The number of hydrogen-bond acceptors (Lipinski definition) is 4. The van der Waals surface area contributed by atoms with Crippen LogP contribution in [0.25, 0.3) is 0 Å². The predicted molar refractivity (Wildman–Crippen MR) is 69.4 cm³/mol. The first-order valence-electron chi connectivity index (χ1n) is 6.17. The highest BCUT2D eigenvalue weighted by molar-refractivity contribution is 6.08. The van der Waals surface area contributed by atoms with Crippen LogP contribution in [-0.2, 0) is 16.1 Å². The Labute approximate surface area is 116 Å². The van der Waals surface area contributed by atoms with Gasteiger partial charge in [0.2, 0.25) is 5.91 Å². The van der Waals surface area contributed by atoms with E-state index >= 15 is 0 Å². The minimum atomic E-state index is -0.961. The van der Waals surface area contributed by atoms with Crippen LogP contribution in [0.3, 0.4) is 0 Å². The van der Waals surface area contributed by atoms with Crippen LogP contribution in [0, 0.1) is 0 Å². The Morgan fingerprint density at radius 1 is 1.45 bits per heavy atom. The second-order valence-corrected chi connectivity index (χ2v) is 5.23. The number of rotatable bonds is 4. The van der Waals surface area contributed by atoms with Crippen LogP contribution in [0.5, 0.6) is 0 Å². The van der Waals surface area contributed by atoms with Gasteiger partial charge in [0.25, 0.3) is 5.91 Å². The third kappa shape index (κ3) is 2.63. The molecule has 0 aromatic carbocycles. The van der Waals surface area contributed by atoms with Crippen LogP contribution in [0.15, 0.2) is 12.4 Å². The van der Waals surface area contributed by atoms with E-state index < -0.39 is 17.5 Å². The first kappa shape index (κ1) is 14.0. The molecule has 8 heteroatoms. The lowest BCUT2D eigenvalue weighted by atomic mass is 10.1. The number of nitrogens with one attached hydrogen (secondary N) is 2.